The summed E-state index contributed by atoms with van der Waals surface area (Å²) in [5, 5.41) is -0.0538. The third-order valence-electron chi connectivity index (χ3n) is 2.26. The molecule has 0 unspecified atom stereocenters. The Hall–Kier alpha value is -1.89. The lowest BCUT2D eigenvalue weighted by Crippen LogP contribution is -2.13. The Morgan fingerprint density at radius 3 is 2.56 bits per heavy atom. The highest BCUT2D eigenvalue weighted by molar-refractivity contribution is 7.92. The van der Waals surface area contributed by atoms with E-state index in [4.69, 9.17) is 0 Å². The minimum absolute atomic E-state index is 0.0538. The number of nitrogens with one attached hydrogen (secondary N) is 2. The summed E-state index contributed by atoms with van der Waals surface area (Å²) >= 11 is 0. The molecule has 1 heterocycles. The number of H-pyrrole nitrogens is 1. The van der Waals surface area contributed by atoms with Gasteiger partial charge in [0.05, 0.1) is 11.9 Å². The van der Waals surface area contributed by atoms with Crippen LogP contribution < -0.4 is 4.72 Å². The third kappa shape index (κ3) is 2.67. The summed E-state index contributed by atoms with van der Waals surface area (Å²) in [6.07, 6.45) is 1.21. The van der Waals surface area contributed by atoms with Crippen LogP contribution in [0.15, 0.2) is 29.4 Å². The lowest BCUT2D eigenvalue weighted by molar-refractivity contribution is 0.598. The molecule has 96 valence electrons. The summed E-state index contributed by atoms with van der Waals surface area (Å²) in [6, 6.07) is 3.98. The van der Waals surface area contributed by atoms with Crippen molar-refractivity contribution >= 4 is 15.7 Å². The predicted octanol–water partition coefficient (Wildman–Crippen LogP) is 1.97. The molecule has 18 heavy (non-hydrogen) atoms. The monoisotopic (exact) mass is 269 g/mol. The molecule has 7 heteroatoms. The fourth-order valence-corrected chi connectivity index (χ4v) is 2.55. The minimum atomic E-state index is -3.76. The summed E-state index contributed by atoms with van der Waals surface area (Å²) in [6.45, 7) is 3.33. The molecule has 5 nitrogen and oxygen atoms in total. The molecule has 0 atom stereocenters. The molecule has 0 aliphatic carbocycles. The largest absolute Gasteiger partial charge is 0.332 e. The molecule has 0 aliphatic heterocycles. The maximum atomic E-state index is 13.2. The molecule has 1 aromatic heterocycles. The molecule has 0 aliphatic rings. The lowest BCUT2D eigenvalue weighted by atomic mass is 10.2. The topological polar surface area (TPSA) is 74.8 Å². The van der Waals surface area contributed by atoms with Crippen LogP contribution in [0.4, 0.5) is 10.1 Å². The Balaban J connectivity index is 2.33. The molecule has 0 radical (unpaired) electrons. The van der Waals surface area contributed by atoms with Crippen LogP contribution in [0.3, 0.4) is 0 Å². The number of anilines is 1. The van der Waals surface area contributed by atoms with E-state index >= 15 is 0 Å². The van der Waals surface area contributed by atoms with E-state index in [1.165, 1.54) is 12.3 Å². The van der Waals surface area contributed by atoms with Gasteiger partial charge < -0.3 is 4.98 Å². The average Bonchev–Trinajstić information content (AvgIpc) is 2.62. The number of aromatic nitrogens is 2. The van der Waals surface area contributed by atoms with Crippen molar-refractivity contribution < 1.29 is 12.8 Å². The van der Waals surface area contributed by atoms with Crippen molar-refractivity contribution in [2.45, 2.75) is 18.9 Å². The molecule has 0 saturated carbocycles. The van der Waals surface area contributed by atoms with Crippen molar-refractivity contribution in [2.24, 2.45) is 0 Å². The van der Waals surface area contributed by atoms with E-state index in [2.05, 4.69) is 14.7 Å². The predicted molar refractivity (Wildman–Crippen MR) is 65.3 cm³/mol. The SMILES string of the molecule is Cc1cc(F)cc(NS(=O)(=O)c2cnc(C)[nH]2)c1. The van der Waals surface area contributed by atoms with E-state index in [0.29, 0.717) is 11.4 Å². The van der Waals surface area contributed by atoms with Gasteiger partial charge in [0.15, 0.2) is 5.03 Å². The van der Waals surface area contributed by atoms with Gasteiger partial charge in [0, 0.05) is 0 Å². The first-order valence-corrected chi connectivity index (χ1v) is 6.67. The number of rotatable bonds is 3. The number of hydrogen-bond donors (Lipinski definition) is 2. The fourth-order valence-electron chi connectivity index (χ4n) is 1.54. The number of sulfonamides is 1. The number of halogens is 1. The molecule has 0 bridgehead atoms. The van der Waals surface area contributed by atoms with E-state index in [1.807, 2.05) is 0 Å². The van der Waals surface area contributed by atoms with Crippen LogP contribution in [-0.2, 0) is 10.0 Å². The van der Waals surface area contributed by atoms with Crippen LogP contribution in [0.5, 0.6) is 0 Å². The molecule has 0 spiro atoms. The van der Waals surface area contributed by atoms with Gasteiger partial charge in [-0.25, -0.2) is 9.37 Å². The zero-order chi connectivity index (χ0) is 13.3. The van der Waals surface area contributed by atoms with Crippen LogP contribution in [0, 0.1) is 19.7 Å². The number of imidazole rings is 1. The smallest absolute Gasteiger partial charge is 0.278 e. The first-order chi connectivity index (χ1) is 8.37. The summed E-state index contributed by atoms with van der Waals surface area (Å²) in [5.74, 6) is -0.000658. The van der Waals surface area contributed by atoms with Gasteiger partial charge in [0.1, 0.15) is 11.6 Å². The van der Waals surface area contributed by atoms with Gasteiger partial charge in [-0.1, -0.05) is 0 Å². The normalized spacial score (nSPS) is 11.5. The van der Waals surface area contributed by atoms with Gasteiger partial charge in [-0.05, 0) is 37.6 Å². The Morgan fingerprint density at radius 2 is 2.00 bits per heavy atom. The molecule has 0 saturated heterocycles. The number of aromatic amines is 1. The van der Waals surface area contributed by atoms with Gasteiger partial charge >= 0.3 is 0 Å². The van der Waals surface area contributed by atoms with Crippen LogP contribution >= 0.6 is 0 Å². The zero-order valence-corrected chi connectivity index (χ0v) is 10.7. The number of benzene rings is 1. The van der Waals surface area contributed by atoms with Gasteiger partial charge in [-0.15, -0.1) is 0 Å². The Bertz CT molecular complexity index is 659. The van der Waals surface area contributed by atoms with Gasteiger partial charge in [-0.2, -0.15) is 8.42 Å². The highest BCUT2D eigenvalue weighted by atomic mass is 32.2. The molecule has 2 rings (SSSR count). The van der Waals surface area contributed by atoms with Crippen LogP contribution in [-0.4, -0.2) is 18.4 Å². The molecule has 0 fully saturated rings. The van der Waals surface area contributed by atoms with Gasteiger partial charge in [0.25, 0.3) is 10.0 Å². The van der Waals surface area contributed by atoms with Crippen molar-refractivity contribution in [1.29, 1.82) is 0 Å². The summed E-state index contributed by atoms with van der Waals surface area (Å²) in [7, 11) is -3.76. The Kier molecular flexibility index (Phi) is 3.08. The van der Waals surface area contributed by atoms with Crippen LogP contribution in [0.2, 0.25) is 0 Å². The first kappa shape index (κ1) is 12.6. The second-order valence-corrected chi connectivity index (χ2v) is 5.61. The van der Waals surface area contributed by atoms with E-state index in [0.717, 1.165) is 6.07 Å². The minimum Gasteiger partial charge on any atom is -0.332 e. The van der Waals surface area contributed by atoms with E-state index in [9.17, 15) is 12.8 Å². The highest BCUT2D eigenvalue weighted by Crippen LogP contribution is 2.17. The van der Waals surface area contributed by atoms with Crippen molar-refractivity contribution in [3.05, 3.63) is 41.6 Å². The van der Waals surface area contributed by atoms with E-state index in [-0.39, 0.29) is 10.7 Å². The summed E-state index contributed by atoms with van der Waals surface area (Å²) in [4.78, 5) is 6.42. The van der Waals surface area contributed by atoms with Gasteiger partial charge in [-0.3, -0.25) is 4.72 Å². The molecule has 1 aromatic carbocycles. The maximum Gasteiger partial charge on any atom is 0.278 e. The maximum absolute atomic E-state index is 13.2. The first-order valence-electron chi connectivity index (χ1n) is 5.18. The third-order valence-corrected chi connectivity index (χ3v) is 3.55. The molecule has 0 amide bonds. The number of nitrogens with zero attached hydrogens (tertiary/aromatic N) is 1. The number of hydrogen-bond acceptors (Lipinski definition) is 3. The zero-order valence-electron chi connectivity index (χ0n) is 9.86. The highest BCUT2D eigenvalue weighted by Gasteiger charge is 2.16. The van der Waals surface area contributed by atoms with Crippen molar-refractivity contribution in [3.63, 3.8) is 0 Å². The molecule has 2 aromatic rings. The van der Waals surface area contributed by atoms with E-state index < -0.39 is 15.8 Å². The number of aryl methyl sites for hydroxylation is 2. The molecule has 2 N–H and O–H groups in total. The Labute approximate surface area is 104 Å². The summed E-state index contributed by atoms with van der Waals surface area (Å²) < 4.78 is 39.3. The quantitative estimate of drug-likeness (QED) is 0.894. The van der Waals surface area contributed by atoms with Crippen LogP contribution in [0.1, 0.15) is 11.4 Å². The summed E-state index contributed by atoms with van der Waals surface area (Å²) in [5.41, 5.74) is 0.813. The van der Waals surface area contributed by atoms with Crippen molar-refractivity contribution in [3.8, 4) is 0 Å². The Morgan fingerprint density at radius 1 is 1.28 bits per heavy atom. The second kappa shape index (κ2) is 4.41. The van der Waals surface area contributed by atoms with Crippen molar-refractivity contribution in [2.75, 3.05) is 4.72 Å². The molecular formula is C11H12FN3O2S. The lowest BCUT2D eigenvalue weighted by Gasteiger charge is -2.07. The standard InChI is InChI=1S/C11H12FN3O2S/c1-7-3-9(12)5-10(4-7)15-18(16,17)11-6-13-8(2)14-11/h3-6,15H,1-2H3,(H,13,14). The van der Waals surface area contributed by atoms with Crippen LogP contribution in [0.25, 0.3) is 0 Å². The van der Waals surface area contributed by atoms with E-state index in [1.54, 1.807) is 19.9 Å². The van der Waals surface area contributed by atoms with Gasteiger partial charge in [0.2, 0.25) is 0 Å². The second-order valence-electron chi connectivity index (χ2n) is 3.96. The fraction of sp³-hybridized carbons (Fsp3) is 0.182. The van der Waals surface area contributed by atoms with Crippen molar-refractivity contribution in [1.82, 2.24) is 9.97 Å². The molecular weight excluding hydrogens is 257 g/mol. The average molecular weight is 269 g/mol.